The Morgan fingerprint density at radius 3 is 2.17 bits per heavy atom. The summed E-state index contributed by atoms with van der Waals surface area (Å²) < 4.78 is 2.29. The first-order valence-corrected chi connectivity index (χ1v) is 14.5. The summed E-state index contributed by atoms with van der Waals surface area (Å²) in [5, 5.41) is 6.00. The van der Waals surface area contributed by atoms with E-state index in [1.807, 2.05) is 6.07 Å². The standard InChI is InChI=1S/C39H27N3/c1-39(2)31-18-10-8-16-27(31)29-22-30-35(23-32(29)39)42(34-21-20-24-12-6-7-15-26(24)36(30)34)38-40-33-19-11-9-17-28(33)37(41-38)25-13-4-3-5-14-25/h3-23H,1-2H3. The van der Waals surface area contributed by atoms with Gasteiger partial charge in [0.05, 0.1) is 22.2 Å². The van der Waals surface area contributed by atoms with E-state index in [4.69, 9.17) is 9.97 Å². The molecule has 0 bridgehead atoms. The quantitative estimate of drug-likeness (QED) is 0.220. The van der Waals surface area contributed by atoms with E-state index < -0.39 is 0 Å². The van der Waals surface area contributed by atoms with E-state index in [2.05, 4.69) is 140 Å². The van der Waals surface area contributed by atoms with E-state index in [9.17, 15) is 0 Å². The van der Waals surface area contributed by atoms with E-state index in [0.717, 1.165) is 33.2 Å². The normalized spacial score (nSPS) is 13.7. The summed E-state index contributed by atoms with van der Waals surface area (Å²) in [6.07, 6.45) is 0. The molecule has 0 amide bonds. The van der Waals surface area contributed by atoms with Crippen LogP contribution in [0.5, 0.6) is 0 Å². The van der Waals surface area contributed by atoms with Crippen molar-refractivity contribution >= 4 is 43.5 Å². The van der Waals surface area contributed by atoms with E-state index in [1.54, 1.807) is 0 Å². The number of hydrogen-bond donors (Lipinski definition) is 0. The maximum atomic E-state index is 5.32. The van der Waals surface area contributed by atoms with Crippen molar-refractivity contribution in [3.05, 3.63) is 139 Å². The minimum Gasteiger partial charge on any atom is -0.278 e. The second kappa shape index (κ2) is 8.37. The predicted molar refractivity (Wildman–Crippen MR) is 174 cm³/mol. The summed E-state index contributed by atoms with van der Waals surface area (Å²) in [7, 11) is 0. The minimum absolute atomic E-state index is 0.108. The van der Waals surface area contributed by atoms with Crippen molar-refractivity contribution in [2.24, 2.45) is 0 Å². The fourth-order valence-corrected chi connectivity index (χ4v) is 7.18. The van der Waals surface area contributed by atoms with Gasteiger partial charge in [0.2, 0.25) is 5.95 Å². The molecule has 2 heterocycles. The molecule has 0 unspecified atom stereocenters. The van der Waals surface area contributed by atoms with Crippen molar-refractivity contribution < 1.29 is 0 Å². The van der Waals surface area contributed by atoms with Crippen LogP contribution in [0.2, 0.25) is 0 Å². The number of rotatable bonds is 2. The van der Waals surface area contributed by atoms with Crippen LogP contribution in [0.1, 0.15) is 25.0 Å². The molecular weight excluding hydrogens is 510 g/mol. The Hall–Kier alpha value is -5.28. The molecule has 1 aliphatic rings. The van der Waals surface area contributed by atoms with Gasteiger partial charge in [0, 0.05) is 27.1 Å². The summed E-state index contributed by atoms with van der Waals surface area (Å²) in [4.78, 5) is 10.5. The highest BCUT2D eigenvalue weighted by atomic mass is 15.2. The molecule has 0 N–H and O–H groups in total. The second-order valence-corrected chi connectivity index (χ2v) is 11.9. The summed E-state index contributed by atoms with van der Waals surface area (Å²) >= 11 is 0. The number of hydrogen-bond acceptors (Lipinski definition) is 2. The number of para-hydroxylation sites is 1. The van der Waals surface area contributed by atoms with Crippen LogP contribution in [0.3, 0.4) is 0 Å². The van der Waals surface area contributed by atoms with E-state index >= 15 is 0 Å². The highest BCUT2D eigenvalue weighted by Gasteiger charge is 2.36. The molecule has 8 aromatic rings. The molecule has 0 spiro atoms. The van der Waals surface area contributed by atoms with Gasteiger partial charge < -0.3 is 0 Å². The minimum atomic E-state index is -0.108. The van der Waals surface area contributed by atoms with Gasteiger partial charge >= 0.3 is 0 Å². The van der Waals surface area contributed by atoms with Gasteiger partial charge in [-0.15, -0.1) is 0 Å². The Morgan fingerprint density at radius 2 is 1.29 bits per heavy atom. The van der Waals surface area contributed by atoms with Crippen molar-refractivity contribution in [2.45, 2.75) is 19.3 Å². The SMILES string of the molecule is CC1(C)c2ccccc2-c2cc3c4c5ccccc5ccc4n(-c4nc(-c5ccccc5)c5ccccc5n4)c3cc21. The Balaban J connectivity index is 1.46. The third-order valence-electron chi connectivity index (χ3n) is 9.20. The molecule has 0 saturated carbocycles. The predicted octanol–water partition coefficient (Wildman–Crippen LogP) is 9.85. The van der Waals surface area contributed by atoms with Crippen LogP contribution in [-0.2, 0) is 5.41 Å². The fraction of sp³-hybridized carbons (Fsp3) is 0.0769. The molecule has 2 aromatic heterocycles. The maximum Gasteiger partial charge on any atom is 0.235 e. The van der Waals surface area contributed by atoms with Crippen LogP contribution in [0.25, 0.3) is 71.8 Å². The van der Waals surface area contributed by atoms with Gasteiger partial charge in [-0.05, 0) is 57.3 Å². The van der Waals surface area contributed by atoms with E-state index in [-0.39, 0.29) is 5.41 Å². The average Bonchev–Trinajstić information content (AvgIpc) is 3.48. The number of fused-ring (bicyclic) bond motifs is 9. The lowest BCUT2D eigenvalue weighted by molar-refractivity contribution is 0.661. The lowest BCUT2D eigenvalue weighted by atomic mass is 9.82. The fourth-order valence-electron chi connectivity index (χ4n) is 7.18. The molecule has 0 aliphatic heterocycles. The van der Waals surface area contributed by atoms with Gasteiger partial charge in [-0.2, -0.15) is 0 Å². The van der Waals surface area contributed by atoms with Gasteiger partial charge in [0.25, 0.3) is 0 Å². The zero-order chi connectivity index (χ0) is 28.0. The zero-order valence-corrected chi connectivity index (χ0v) is 23.5. The average molecular weight is 538 g/mol. The Labute approximate surface area is 243 Å². The molecule has 3 nitrogen and oxygen atoms in total. The Morgan fingerprint density at radius 1 is 0.548 bits per heavy atom. The van der Waals surface area contributed by atoms with Crippen molar-refractivity contribution in [1.29, 1.82) is 0 Å². The number of nitrogens with zero attached hydrogens (tertiary/aromatic N) is 3. The lowest BCUT2D eigenvalue weighted by Crippen LogP contribution is -2.15. The van der Waals surface area contributed by atoms with Crippen molar-refractivity contribution in [3.63, 3.8) is 0 Å². The molecule has 198 valence electrons. The third kappa shape index (κ3) is 3.11. The summed E-state index contributed by atoms with van der Waals surface area (Å²) in [5.41, 5.74) is 10.5. The highest BCUT2D eigenvalue weighted by Crippen LogP contribution is 2.51. The third-order valence-corrected chi connectivity index (χ3v) is 9.20. The van der Waals surface area contributed by atoms with Gasteiger partial charge in [-0.25, -0.2) is 9.97 Å². The second-order valence-electron chi connectivity index (χ2n) is 11.9. The molecule has 0 radical (unpaired) electrons. The van der Waals surface area contributed by atoms with Gasteiger partial charge in [-0.3, -0.25) is 4.57 Å². The van der Waals surface area contributed by atoms with Crippen LogP contribution in [0, 0.1) is 0 Å². The van der Waals surface area contributed by atoms with E-state index in [1.165, 1.54) is 43.8 Å². The highest BCUT2D eigenvalue weighted by molar-refractivity contribution is 6.22. The molecule has 0 atom stereocenters. The maximum absolute atomic E-state index is 5.32. The molecule has 9 rings (SSSR count). The van der Waals surface area contributed by atoms with Crippen LogP contribution < -0.4 is 0 Å². The molecule has 0 saturated heterocycles. The first-order valence-electron chi connectivity index (χ1n) is 14.5. The molecular formula is C39H27N3. The molecule has 0 fully saturated rings. The number of aromatic nitrogens is 3. The van der Waals surface area contributed by atoms with Crippen LogP contribution >= 0.6 is 0 Å². The van der Waals surface area contributed by atoms with Gasteiger partial charge in [-0.1, -0.05) is 117 Å². The Kier molecular flexibility index (Phi) is 4.67. The lowest BCUT2D eigenvalue weighted by Gasteiger charge is -2.21. The van der Waals surface area contributed by atoms with Crippen LogP contribution in [0.15, 0.2) is 127 Å². The topological polar surface area (TPSA) is 30.7 Å². The smallest absolute Gasteiger partial charge is 0.235 e. The summed E-state index contributed by atoms with van der Waals surface area (Å²) in [6, 6.07) is 45.6. The molecule has 1 aliphatic carbocycles. The van der Waals surface area contributed by atoms with Gasteiger partial charge in [0.1, 0.15) is 0 Å². The van der Waals surface area contributed by atoms with Crippen molar-refractivity contribution in [1.82, 2.24) is 14.5 Å². The molecule has 6 aromatic carbocycles. The van der Waals surface area contributed by atoms with Crippen molar-refractivity contribution in [2.75, 3.05) is 0 Å². The first-order chi connectivity index (χ1) is 20.6. The first kappa shape index (κ1) is 23.4. The molecule has 42 heavy (non-hydrogen) atoms. The van der Waals surface area contributed by atoms with Crippen molar-refractivity contribution in [3.8, 4) is 28.3 Å². The number of benzene rings is 6. The monoisotopic (exact) mass is 537 g/mol. The Bertz CT molecular complexity index is 2380. The van der Waals surface area contributed by atoms with Gasteiger partial charge in [0.15, 0.2) is 0 Å². The largest absolute Gasteiger partial charge is 0.278 e. The van der Waals surface area contributed by atoms with Crippen LogP contribution in [-0.4, -0.2) is 14.5 Å². The molecule has 3 heteroatoms. The summed E-state index contributed by atoms with van der Waals surface area (Å²) in [5.74, 6) is 0.691. The zero-order valence-electron chi connectivity index (χ0n) is 23.5. The van der Waals surface area contributed by atoms with E-state index in [0.29, 0.717) is 5.95 Å². The van der Waals surface area contributed by atoms with Crippen LogP contribution in [0.4, 0.5) is 0 Å². The summed E-state index contributed by atoms with van der Waals surface area (Å²) in [6.45, 7) is 4.68.